The first-order valence-electron chi connectivity index (χ1n) is 5.13. The van der Waals surface area contributed by atoms with Crippen molar-refractivity contribution in [3.63, 3.8) is 0 Å². The molecule has 0 saturated carbocycles. The highest BCUT2D eigenvalue weighted by molar-refractivity contribution is 4.75. The first-order valence-corrected chi connectivity index (χ1v) is 5.13. The van der Waals surface area contributed by atoms with E-state index in [1.165, 1.54) is 0 Å². The molecular formula is C11H25NO. The minimum absolute atomic E-state index is 0.155. The molecule has 0 aliphatic heterocycles. The second-order valence-electron chi connectivity index (χ2n) is 5.37. The van der Waals surface area contributed by atoms with Crippen LogP contribution in [0.15, 0.2) is 0 Å². The lowest BCUT2D eigenvalue weighted by atomic mass is 9.93. The highest BCUT2D eigenvalue weighted by atomic mass is 16.5. The molecule has 2 nitrogen and oxygen atoms in total. The van der Waals surface area contributed by atoms with Crippen LogP contribution in [0.5, 0.6) is 0 Å². The summed E-state index contributed by atoms with van der Waals surface area (Å²) in [7, 11) is 0. The maximum Gasteiger partial charge on any atom is 0.0643 e. The van der Waals surface area contributed by atoms with Crippen molar-refractivity contribution in [2.45, 2.75) is 53.0 Å². The van der Waals surface area contributed by atoms with E-state index >= 15 is 0 Å². The van der Waals surface area contributed by atoms with Crippen LogP contribution in [0.1, 0.15) is 47.5 Å². The third-order valence-corrected chi connectivity index (χ3v) is 2.24. The van der Waals surface area contributed by atoms with E-state index in [9.17, 15) is 0 Å². The van der Waals surface area contributed by atoms with Crippen LogP contribution in [0.4, 0.5) is 0 Å². The molecule has 1 atom stereocenters. The lowest BCUT2D eigenvalue weighted by Crippen LogP contribution is -2.40. The minimum atomic E-state index is -0.155. The van der Waals surface area contributed by atoms with Crippen LogP contribution < -0.4 is 5.73 Å². The number of hydrogen-bond acceptors (Lipinski definition) is 2. The molecule has 0 aromatic rings. The molecule has 13 heavy (non-hydrogen) atoms. The summed E-state index contributed by atoms with van der Waals surface area (Å²) in [6.45, 7) is 12.3. The van der Waals surface area contributed by atoms with Gasteiger partial charge in [-0.1, -0.05) is 27.7 Å². The average molecular weight is 187 g/mol. The van der Waals surface area contributed by atoms with Gasteiger partial charge in [0.1, 0.15) is 0 Å². The molecule has 0 aromatic carbocycles. The Labute approximate surface area is 82.8 Å². The van der Waals surface area contributed by atoms with Crippen molar-refractivity contribution in [3.8, 4) is 0 Å². The van der Waals surface area contributed by atoms with Crippen LogP contribution in [0, 0.1) is 5.41 Å². The van der Waals surface area contributed by atoms with Gasteiger partial charge in [0.2, 0.25) is 0 Å². The van der Waals surface area contributed by atoms with Gasteiger partial charge >= 0.3 is 0 Å². The number of hydrogen-bond donors (Lipinski definition) is 1. The van der Waals surface area contributed by atoms with Crippen molar-refractivity contribution in [2.75, 3.05) is 13.2 Å². The van der Waals surface area contributed by atoms with Crippen molar-refractivity contribution >= 4 is 0 Å². The van der Waals surface area contributed by atoms with Crippen molar-refractivity contribution in [3.05, 3.63) is 0 Å². The molecule has 0 radical (unpaired) electrons. The normalized spacial score (nSPS) is 17.1. The van der Waals surface area contributed by atoms with E-state index in [0.29, 0.717) is 12.0 Å². The predicted octanol–water partition coefficient (Wildman–Crippen LogP) is 2.57. The van der Waals surface area contributed by atoms with Crippen LogP contribution in [0.2, 0.25) is 0 Å². The van der Waals surface area contributed by atoms with Gasteiger partial charge in [-0.25, -0.2) is 0 Å². The molecule has 0 saturated heterocycles. The second kappa shape index (κ2) is 4.97. The molecule has 0 aliphatic carbocycles. The summed E-state index contributed by atoms with van der Waals surface area (Å²) in [4.78, 5) is 0. The fourth-order valence-electron chi connectivity index (χ4n) is 0.786. The van der Waals surface area contributed by atoms with Gasteiger partial charge in [-0.15, -0.1) is 0 Å². The molecule has 0 bridgehead atoms. The number of ether oxygens (including phenoxy) is 1. The highest BCUT2D eigenvalue weighted by Crippen LogP contribution is 2.18. The first kappa shape index (κ1) is 12.9. The Hall–Kier alpha value is -0.0800. The highest BCUT2D eigenvalue weighted by Gasteiger charge is 2.16. The maximum atomic E-state index is 5.94. The van der Waals surface area contributed by atoms with Gasteiger partial charge in [-0.05, 0) is 25.2 Å². The fraction of sp³-hybridized carbons (Fsp3) is 1.00. The maximum absolute atomic E-state index is 5.94. The van der Waals surface area contributed by atoms with Gasteiger partial charge in [-0.2, -0.15) is 0 Å². The van der Waals surface area contributed by atoms with Gasteiger partial charge in [0.05, 0.1) is 6.61 Å². The SMILES string of the molecule is CCC(C)(N)COCCC(C)(C)C. The summed E-state index contributed by atoms with van der Waals surface area (Å²) < 4.78 is 5.54. The lowest BCUT2D eigenvalue weighted by molar-refractivity contribution is 0.0716. The van der Waals surface area contributed by atoms with E-state index < -0.39 is 0 Å². The van der Waals surface area contributed by atoms with E-state index in [1.807, 2.05) is 6.92 Å². The molecular weight excluding hydrogens is 162 g/mol. The smallest absolute Gasteiger partial charge is 0.0643 e. The second-order valence-corrected chi connectivity index (χ2v) is 5.37. The Morgan fingerprint density at radius 2 is 1.69 bits per heavy atom. The van der Waals surface area contributed by atoms with E-state index in [2.05, 4.69) is 27.7 Å². The molecule has 2 heteroatoms. The van der Waals surface area contributed by atoms with Gasteiger partial charge in [-0.3, -0.25) is 0 Å². The van der Waals surface area contributed by atoms with Gasteiger partial charge in [0.25, 0.3) is 0 Å². The molecule has 80 valence electrons. The van der Waals surface area contributed by atoms with E-state index in [-0.39, 0.29) is 5.54 Å². The standard InChI is InChI=1S/C11H25NO/c1-6-11(5,12)9-13-8-7-10(2,3)4/h6-9,12H2,1-5H3. The lowest BCUT2D eigenvalue weighted by Gasteiger charge is -2.24. The van der Waals surface area contributed by atoms with Crippen LogP contribution in [0.3, 0.4) is 0 Å². The summed E-state index contributed by atoms with van der Waals surface area (Å²) in [6, 6.07) is 0. The summed E-state index contributed by atoms with van der Waals surface area (Å²) in [5.41, 5.74) is 6.14. The first-order chi connectivity index (χ1) is 5.77. The van der Waals surface area contributed by atoms with Crippen LogP contribution >= 0.6 is 0 Å². The Balaban J connectivity index is 3.47. The van der Waals surface area contributed by atoms with E-state index in [0.717, 1.165) is 19.4 Å². The molecule has 0 aromatic heterocycles. The van der Waals surface area contributed by atoms with Crippen molar-refractivity contribution in [2.24, 2.45) is 11.1 Å². The number of nitrogens with two attached hydrogens (primary N) is 1. The zero-order chi connectivity index (χ0) is 10.5. The van der Waals surface area contributed by atoms with Crippen LogP contribution in [-0.4, -0.2) is 18.8 Å². The quantitative estimate of drug-likeness (QED) is 0.671. The van der Waals surface area contributed by atoms with Gasteiger partial charge in [0, 0.05) is 12.1 Å². The van der Waals surface area contributed by atoms with E-state index in [4.69, 9.17) is 10.5 Å². The third kappa shape index (κ3) is 8.26. The van der Waals surface area contributed by atoms with Crippen molar-refractivity contribution in [1.29, 1.82) is 0 Å². The zero-order valence-corrected chi connectivity index (χ0v) is 9.81. The molecule has 0 fully saturated rings. The van der Waals surface area contributed by atoms with Crippen LogP contribution in [0.25, 0.3) is 0 Å². The molecule has 0 amide bonds. The average Bonchev–Trinajstić information content (AvgIpc) is 1.97. The Morgan fingerprint density at radius 1 is 1.15 bits per heavy atom. The van der Waals surface area contributed by atoms with Gasteiger partial charge in [0.15, 0.2) is 0 Å². The van der Waals surface area contributed by atoms with Crippen molar-refractivity contribution < 1.29 is 4.74 Å². The largest absolute Gasteiger partial charge is 0.380 e. The zero-order valence-electron chi connectivity index (χ0n) is 9.81. The topological polar surface area (TPSA) is 35.2 Å². The monoisotopic (exact) mass is 187 g/mol. The predicted molar refractivity (Wildman–Crippen MR) is 57.8 cm³/mol. The summed E-state index contributed by atoms with van der Waals surface area (Å²) in [5.74, 6) is 0. The van der Waals surface area contributed by atoms with E-state index in [1.54, 1.807) is 0 Å². The number of rotatable bonds is 5. The molecule has 1 unspecified atom stereocenters. The Kier molecular flexibility index (Phi) is 4.93. The summed E-state index contributed by atoms with van der Waals surface area (Å²) >= 11 is 0. The summed E-state index contributed by atoms with van der Waals surface area (Å²) in [6.07, 6.45) is 2.05. The van der Waals surface area contributed by atoms with Crippen LogP contribution in [-0.2, 0) is 4.74 Å². The minimum Gasteiger partial charge on any atom is -0.380 e. The van der Waals surface area contributed by atoms with Gasteiger partial charge < -0.3 is 10.5 Å². The molecule has 0 spiro atoms. The van der Waals surface area contributed by atoms with Crippen molar-refractivity contribution in [1.82, 2.24) is 0 Å². The molecule has 2 N–H and O–H groups in total. The summed E-state index contributed by atoms with van der Waals surface area (Å²) in [5, 5.41) is 0. The third-order valence-electron chi connectivity index (χ3n) is 2.24. The molecule has 0 heterocycles. The Bertz CT molecular complexity index is 136. The molecule has 0 aliphatic rings. The Morgan fingerprint density at radius 3 is 2.08 bits per heavy atom. The molecule has 0 rings (SSSR count). The fourth-order valence-corrected chi connectivity index (χ4v) is 0.786.